The average molecular weight is 441 g/mol. The Bertz CT molecular complexity index is 1040. The summed E-state index contributed by atoms with van der Waals surface area (Å²) in [6.45, 7) is 0. The maximum absolute atomic E-state index is 13.0. The SMILES string of the molecule is Cn1cc(Oc2cc(Cl)cc(Oc3cc(C(F)(F)F)n(C)n3)c2)c(C(F)(F)F)n1. The molecule has 0 saturated carbocycles. The third-order valence-electron chi connectivity index (χ3n) is 3.51. The first-order valence-corrected chi connectivity index (χ1v) is 8.09. The van der Waals surface area contributed by atoms with E-state index in [9.17, 15) is 26.3 Å². The van der Waals surface area contributed by atoms with Crippen LogP contribution in [-0.4, -0.2) is 19.6 Å². The van der Waals surface area contributed by atoms with E-state index in [0.29, 0.717) is 10.7 Å². The van der Waals surface area contributed by atoms with E-state index >= 15 is 0 Å². The molecular weight excluding hydrogens is 430 g/mol. The zero-order valence-corrected chi connectivity index (χ0v) is 15.4. The Labute approximate surface area is 164 Å². The van der Waals surface area contributed by atoms with Crippen molar-refractivity contribution < 1.29 is 35.8 Å². The van der Waals surface area contributed by atoms with Crippen molar-refractivity contribution in [1.82, 2.24) is 19.6 Å². The fraction of sp³-hybridized carbons (Fsp3) is 0.250. The highest BCUT2D eigenvalue weighted by Gasteiger charge is 2.38. The minimum atomic E-state index is -4.75. The molecule has 1 aromatic carbocycles. The molecule has 6 nitrogen and oxygen atoms in total. The predicted octanol–water partition coefficient (Wildman–Crippen LogP) is 5.43. The molecule has 2 heterocycles. The molecule has 0 aliphatic carbocycles. The molecule has 0 aliphatic rings. The van der Waals surface area contributed by atoms with Crippen LogP contribution in [0.1, 0.15) is 11.4 Å². The molecule has 0 fully saturated rings. The highest BCUT2D eigenvalue weighted by atomic mass is 35.5. The second-order valence-electron chi connectivity index (χ2n) is 5.83. The Morgan fingerprint density at radius 3 is 2.03 bits per heavy atom. The van der Waals surface area contributed by atoms with Crippen LogP contribution < -0.4 is 9.47 Å². The molecule has 3 aromatic rings. The smallest absolute Gasteiger partial charge is 0.438 e. The van der Waals surface area contributed by atoms with Gasteiger partial charge in [-0.3, -0.25) is 9.36 Å². The molecule has 0 N–H and O–H groups in total. The van der Waals surface area contributed by atoms with Gasteiger partial charge in [-0.05, 0) is 12.1 Å². The van der Waals surface area contributed by atoms with E-state index in [0.717, 1.165) is 24.0 Å². The lowest BCUT2D eigenvalue weighted by Crippen LogP contribution is -2.11. The molecule has 13 heteroatoms. The van der Waals surface area contributed by atoms with Crippen molar-refractivity contribution >= 4 is 11.6 Å². The Hall–Kier alpha value is -2.89. The van der Waals surface area contributed by atoms with Crippen molar-refractivity contribution in [1.29, 1.82) is 0 Å². The van der Waals surface area contributed by atoms with Crippen LogP contribution in [0.3, 0.4) is 0 Å². The lowest BCUT2D eigenvalue weighted by atomic mass is 10.3. The van der Waals surface area contributed by atoms with Gasteiger partial charge in [0.25, 0.3) is 0 Å². The fourth-order valence-electron chi connectivity index (χ4n) is 2.40. The molecule has 0 amide bonds. The van der Waals surface area contributed by atoms with Gasteiger partial charge in [-0.2, -0.15) is 31.4 Å². The van der Waals surface area contributed by atoms with Crippen LogP contribution in [0.2, 0.25) is 5.02 Å². The minimum absolute atomic E-state index is 0.0157. The molecule has 0 spiro atoms. The van der Waals surface area contributed by atoms with Crippen LogP contribution in [0.15, 0.2) is 30.5 Å². The van der Waals surface area contributed by atoms with Crippen molar-refractivity contribution in [2.75, 3.05) is 0 Å². The third-order valence-corrected chi connectivity index (χ3v) is 3.72. The quantitative estimate of drug-likeness (QED) is 0.508. The maximum atomic E-state index is 13.0. The van der Waals surface area contributed by atoms with Gasteiger partial charge in [0.1, 0.15) is 17.2 Å². The van der Waals surface area contributed by atoms with Gasteiger partial charge < -0.3 is 9.47 Å². The molecule has 0 aliphatic heterocycles. The van der Waals surface area contributed by atoms with Crippen LogP contribution in [0.25, 0.3) is 0 Å². The van der Waals surface area contributed by atoms with Crippen LogP contribution >= 0.6 is 11.6 Å². The van der Waals surface area contributed by atoms with Crippen LogP contribution in [-0.2, 0) is 26.4 Å². The molecule has 3 rings (SSSR count). The third kappa shape index (κ3) is 4.75. The van der Waals surface area contributed by atoms with E-state index in [2.05, 4.69) is 10.2 Å². The van der Waals surface area contributed by atoms with Gasteiger partial charge in [0.2, 0.25) is 11.6 Å². The topological polar surface area (TPSA) is 54.1 Å². The summed E-state index contributed by atoms with van der Waals surface area (Å²) < 4.78 is 89.7. The molecule has 0 unspecified atom stereocenters. The summed E-state index contributed by atoms with van der Waals surface area (Å²) in [5.41, 5.74) is -2.29. The van der Waals surface area contributed by atoms with E-state index in [1.807, 2.05) is 0 Å². The fourth-order valence-corrected chi connectivity index (χ4v) is 2.61. The summed E-state index contributed by atoms with van der Waals surface area (Å²) in [5, 5.41) is 6.92. The molecule has 2 aromatic heterocycles. The number of benzene rings is 1. The Morgan fingerprint density at radius 2 is 1.48 bits per heavy atom. The number of nitrogens with zero attached hydrogens (tertiary/aromatic N) is 4. The number of alkyl halides is 6. The van der Waals surface area contributed by atoms with E-state index in [-0.39, 0.29) is 22.4 Å². The Morgan fingerprint density at radius 1 is 0.862 bits per heavy atom. The summed E-state index contributed by atoms with van der Waals surface area (Å²) in [6.07, 6.45) is -8.38. The first-order valence-electron chi connectivity index (χ1n) is 7.71. The lowest BCUT2D eigenvalue weighted by molar-refractivity contribution is -0.144. The summed E-state index contributed by atoms with van der Waals surface area (Å²) in [7, 11) is 2.37. The van der Waals surface area contributed by atoms with Gasteiger partial charge in [0, 0.05) is 31.3 Å². The highest BCUT2D eigenvalue weighted by molar-refractivity contribution is 6.30. The van der Waals surface area contributed by atoms with E-state index in [1.165, 1.54) is 19.2 Å². The average Bonchev–Trinajstić information content (AvgIpc) is 3.08. The van der Waals surface area contributed by atoms with Crippen molar-refractivity contribution in [2.45, 2.75) is 12.4 Å². The number of aryl methyl sites for hydroxylation is 2. The largest absolute Gasteiger partial charge is 0.453 e. The van der Waals surface area contributed by atoms with Crippen LogP contribution in [0.5, 0.6) is 23.1 Å². The monoisotopic (exact) mass is 440 g/mol. The number of halogens is 7. The molecule has 0 bridgehead atoms. The summed E-state index contributed by atoms with van der Waals surface area (Å²) in [4.78, 5) is 0. The van der Waals surface area contributed by atoms with Gasteiger partial charge >= 0.3 is 12.4 Å². The van der Waals surface area contributed by atoms with Gasteiger partial charge in [0.05, 0.1) is 6.20 Å². The lowest BCUT2D eigenvalue weighted by Gasteiger charge is -2.10. The molecule has 0 radical (unpaired) electrons. The standard InChI is InChI=1S/C16H11ClF6N4O2/c1-26-7-11(14(25-26)16(21,22)23)28-9-3-8(17)4-10(5-9)29-13-6-12(15(18,19)20)27(2)24-13/h3-7H,1-2H3. The summed E-state index contributed by atoms with van der Waals surface area (Å²) in [6, 6.07) is 4.27. The second kappa shape index (κ2) is 7.17. The van der Waals surface area contributed by atoms with Crippen LogP contribution in [0, 0.1) is 0 Å². The van der Waals surface area contributed by atoms with E-state index < -0.39 is 29.5 Å². The predicted molar refractivity (Wildman–Crippen MR) is 88.0 cm³/mol. The maximum Gasteiger partial charge on any atom is 0.438 e. The minimum Gasteiger partial charge on any atom is -0.453 e. The summed E-state index contributed by atoms with van der Waals surface area (Å²) >= 11 is 5.92. The first-order chi connectivity index (χ1) is 13.3. The zero-order valence-electron chi connectivity index (χ0n) is 14.6. The van der Waals surface area contributed by atoms with Crippen molar-refractivity contribution in [3.8, 4) is 23.1 Å². The normalized spacial score (nSPS) is 12.3. The number of ether oxygens (including phenoxy) is 2. The van der Waals surface area contributed by atoms with E-state index in [4.69, 9.17) is 21.1 Å². The number of aromatic nitrogens is 4. The zero-order chi connectivity index (χ0) is 21.6. The number of rotatable bonds is 4. The molecule has 156 valence electrons. The number of hydrogen-bond donors (Lipinski definition) is 0. The molecular formula is C16H11ClF6N4O2. The van der Waals surface area contributed by atoms with Gasteiger partial charge in [0.15, 0.2) is 5.75 Å². The van der Waals surface area contributed by atoms with Crippen LogP contribution in [0.4, 0.5) is 26.3 Å². The summed E-state index contributed by atoms with van der Waals surface area (Å²) in [5.74, 6) is -1.19. The molecule has 0 saturated heterocycles. The van der Waals surface area contributed by atoms with E-state index in [1.54, 1.807) is 0 Å². The van der Waals surface area contributed by atoms with Crippen molar-refractivity contribution in [3.63, 3.8) is 0 Å². The van der Waals surface area contributed by atoms with Crippen molar-refractivity contribution in [3.05, 3.63) is 46.9 Å². The molecule has 29 heavy (non-hydrogen) atoms. The van der Waals surface area contributed by atoms with Gasteiger partial charge in [-0.15, -0.1) is 5.10 Å². The van der Waals surface area contributed by atoms with Gasteiger partial charge in [-0.1, -0.05) is 11.6 Å². The Kier molecular flexibility index (Phi) is 5.15. The Balaban J connectivity index is 1.88. The number of hydrogen-bond acceptors (Lipinski definition) is 4. The van der Waals surface area contributed by atoms with Gasteiger partial charge in [-0.25, -0.2) is 0 Å². The second-order valence-corrected chi connectivity index (χ2v) is 6.27. The van der Waals surface area contributed by atoms with Crippen molar-refractivity contribution in [2.24, 2.45) is 14.1 Å². The highest BCUT2D eigenvalue weighted by Crippen LogP contribution is 2.39. The molecule has 0 atom stereocenters. The first kappa shape index (κ1) is 20.8.